The third-order valence-electron chi connectivity index (χ3n) is 3.38. The Kier molecular flexibility index (Phi) is 5.70. The summed E-state index contributed by atoms with van der Waals surface area (Å²) < 4.78 is 22.5. The number of benzene rings is 1. The first-order valence-corrected chi connectivity index (χ1v) is 8.43. The largest absolute Gasteiger partial charge is 0.612 e. The summed E-state index contributed by atoms with van der Waals surface area (Å²) in [7, 11) is 3.07. The lowest BCUT2D eigenvalue weighted by atomic mass is 10.1. The van der Waals surface area contributed by atoms with Crippen LogP contribution in [0.1, 0.15) is 18.4 Å². The summed E-state index contributed by atoms with van der Waals surface area (Å²) in [5.74, 6) is 1.03. The van der Waals surface area contributed by atoms with E-state index in [0.29, 0.717) is 22.8 Å². The topological polar surface area (TPSA) is 82.7 Å². The molecule has 0 aromatic heterocycles. The van der Waals surface area contributed by atoms with Gasteiger partial charge in [-0.05, 0) is 29.2 Å². The van der Waals surface area contributed by atoms with Crippen molar-refractivity contribution in [2.75, 3.05) is 20.5 Å². The average Bonchev–Trinajstić information content (AvgIpc) is 2.53. The predicted molar refractivity (Wildman–Crippen MR) is 85.2 cm³/mol. The van der Waals surface area contributed by atoms with E-state index in [1.165, 1.54) is 7.11 Å². The normalized spacial score (nSPS) is 19.8. The first kappa shape index (κ1) is 16.7. The van der Waals surface area contributed by atoms with Gasteiger partial charge >= 0.3 is 0 Å². The molecule has 1 heterocycles. The highest BCUT2D eigenvalue weighted by atomic mass is 32.2. The molecule has 0 spiro atoms. The molecule has 6 nitrogen and oxygen atoms in total. The second-order valence-corrected chi connectivity index (χ2v) is 6.25. The van der Waals surface area contributed by atoms with Crippen molar-refractivity contribution in [3.8, 4) is 11.5 Å². The molecule has 2 rings (SSSR count). The van der Waals surface area contributed by atoms with Crippen LogP contribution in [0.5, 0.6) is 11.5 Å². The summed E-state index contributed by atoms with van der Waals surface area (Å²) in [4.78, 5) is 11.7. The molecule has 1 fully saturated rings. The Morgan fingerprint density at radius 1 is 1.36 bits per heavy atom. The van der Waals surface area contributed by atoms with E-state index in [-0.39, 0.29) is 11.9 Å². The van der Waals surface area contributed by atoms with Crippen molar-refractivity contribution in [2.45, 2.75) is 23.8 Å². The molecule has 1 aliphatic rings. The monoisotopic (exact) mass is 324 g/mol. The van der Waals surface area contributed by atoms with E-state index in [0.717, 1.165) is 12.0 Å². The van der Waals surface area contributed by atoms with Crippen LogP contribution in [0.25, 0.3) is 6.08 Å². The third kappa shape index (κ3) is 3.94. The number of hydrogen-bond acceptors (Lipinski definition) is 5. The van der Waals surface area contributed by atoms with E-state index in [2.05, 4.69) is 10.9 Å². The summed E-state index contributed by atoms with van der Waals surface area (Å²) >= 11 is -1.19. The number of amides is 1. The minimum Gasteiger partial charge on any atom is -0.612 e. The molecule has 7 heteroatoms. The fourth-order valence-electron chi connectivity index (χ4n) is 2.23. The molecule has 1 saturated heterocycles. The van der Waals surface area contributed by atoms with Crippen LogP contribution in [0.2, 0.25) is 0 Å². The van der Waals surface area contributed by atoms with Gasteiger partial charge in [-0.15, -0.1) is 0 Å². The Labute approximate surface area is 133 Å². The summed E-state index contributed by atoms with van der Waals surface area (Å²) in [5.41, 5.74) is 6.39. The van der Waals surface area contributed by atoms with Gasteiger partial charge in [0.1, 0.15) is 6.26 Å². The number of hydrazine groups is 1. The Morgan fingerprint density at radius 2 is 2.14 bits per heavy atom. The molecular formula is C15H20N2O4S. The van der Waals surface area contributed by atoms with Gasteiger partial charge in [0.2, 0.25) is 11.7 Å². The maximum absolute atomic E-state index is 11.9. The molecule has 2 N–H and O–H groups in total. The minimum absolute atomic E-state index is 0.000525. The maximum atomic E-state index is 11.9. The van der Waals surface area contributed by atoms with Gasteiger partial charge in [0.15, 0.2) is 10.6 Å². The minimum atomic E-state index is -1.19. The number of nitrogens with one attached hydrogen (secondary N) is 2. The lowest BCUT2D eigenvalue weighted by Gasteiger charge is -2.20. The van der Waals surface area contributed by atoms with Crippen molar-refractivity contribution in [2.24, 2.45) is 0 Å². The van der Waals surface area contributed by atoms with E-state index in [1.807, 2.05) is 24.3 Å². The Hall–Kier alpha value is -1.70. The van der Waals surface area contributed by atoms with Gasteiger partial charge in [0, 0.05) is 18.5 Å². The molecule has 2 unspecified atom stereocenters. The van der Waals surface area contributed by atoms with E-state index >= 15 is 0 Å². The number of carbonyl (C=O) groups is 1. The fourth-order valence-corrected chi connectivity index (χ4v) is 2.97. The van der Waals surface area contributed by atoms with Crippen molar-refractivity contribution in [3.63, 3.8) is 0 Å². The van der Waals surface area contributed by atoms with Crippen molar-refractivity contribution >= 4 is 23.2 Å². The van der Waals surface area contributed by atoms with Gasteiger partial charge < -0.3 is 14.0 Å². The number of hydrogen-bond donors (Lipinski definition) is 2. The van der Waals surface area contributed by atoms with Crippen molar-refractivity contribution in [3.05, 3.63) is 23.8 Å². The highest BCUT2D eigenvalue weighted by molar-refractivity contribution is 7.90. The number of methoxy groups -OCH3 is 2. The van der Waals surface area contributed by atoms with Gasteiger partial charge in [-0.25, -0.2) is 5.43 Å². The molecule has 2 atom stereocenters. The quantitative estimate of drug-likeness (QED) is 0.796. The second-order valence-electron chi connectivity index (χ2n) is 4.91. The summed E-state index contributed by atoms with van der Waals surface area (Å²) in [6, 6.07) is 3.71. The highest BCUT2D eigenvalue weighted by Crippen LogP contribution is 2.36. The van der Waals surface area contributed by atoms with Crippen LogP contribution in [0.3, 0.4) is 0 Å². The zero-order valence-corrected chi connectivity index (χ0v) is 13.7. The molecule has 0 bridgehead atoms. The summed E-state index contributed by atoms with van der Waals surface area (Å²) in [5, 5.41) is 0. The number of carbonyl (C=O) groups excluding carboxylic acids is 1. The van der Waals surface area contributed by atoms with E-state index < -0.39 is 11.2 Å². The lowest BCUT2D eigenvalue weighted by Crippen LogP contribution is -2.48. The molecular weight excluding hydrogens is 304 g/mol. The van der Waals surface area contributed by atoms with Gasteiger partial charge in [-0.3, -0.25) is 10.2 Å². The van der Waals surface area contributed by atoms with Crippen LogP contribution < -0.4 is 20.3 Å². The van der Waals surface area contributed by atoms with Crippen LogP contribution in [-0.4, -0.2) is 37.0 Å². The van der Waals surface area contributed by atoms with Gasteiger partial charge in [-0.2, -0.15) is 0 Å². The Balaban J connectivity index is 2.23. The average molecular weight is 324 g/mol. The van der Waals surface area contributed by atoms with E-state index in [9.17, 15) is 9.35 Å². The molecule has 1 aromatic rings. The highest BCUT2D eigenvalue weighted by Gasteiger charge is 2.19. The van der Waals surface area contributed by atoms with Crippen molar-refractivity contribution in [1.82, 2.24) is 10.9 Å². The molecule has 120 valence electrons. The molecule has 0 radical (unpaired) electrons. The maximum Gasteiger partial charge on any atom is 0.234 e. The third-order valence-corrected chi connectivity index (χ3v) is 4.30. The van der Waals surface area contributed by atoms with Gasteiger partial charge in [-0.1, -0.05) is 12.2 Å². The molecule has 1 aromatic carbocycles. The molecule has 0 aliphatic carbocycles. The zero-order chi connectivity index (χ0) is 16.1. The van der Waals surface area contributed by atoms with Crippen LogP contribution in [0.4, 0.5) is 0 Å². The van der Waals surface area contributed by atoms with Crippen molar-refractivity contribution < 1.29 is 18.8 Å². The van der Waals surface area contributed by atoms with Crippen LogP contribution in [0, 0.1) is 0 Å². The molecule has 1 amide bonds. The number of ether oxygens (including phenoxy) is 2. The van der Waals surface area contributed by atoms with Crippen LogP contribution in [0.15, 0.2) is 23.1 Å². The Bertz CT molecular complexity index is 565. The fraction of sp³-hybridized carbons (Fsp3) is 0.400. The predicted octanol–water partition coefficient (Wildman–Crippen LogP) is 1.24. The van der Waals surface area contributed by atoms with Crippen LogP contribution in [-0.2, 0) is 16.0 Å². The number of rotatable bonds is 5. The summed E-state index contributed by atoms with van der Waals surface area (Å²) in [6.45, 7) is 0. The van der Waals surface area contributed by atoms with Gasteiger partial charge in [0.25, 0.3) is 0 Å². The van der Waals surface area contributed by atoms with E-state index in [1.54, 1.807) is 13.4 Å². The van der Waals surface area contributed by atoms with Crippen LogP contribution >= 0.6 is 0 Å². The van der Waals surface area contributed by atoms with E-state index in [4.69, 9.17) is 9.47 Å². The molecule has 1 aliphatic heterocycles. The second kappa shape index (κ2) is 7.53. The first-order chi connectivity index (χ1) is 10.5. The van der Waals surface area contributed by atoms with Crippen molar-refractivity contribution in [1.29, 1.82) is 0 Å². The Morgan fingerprint density at radius 3 is 2.68 bits per heavy atom. The lowest BCUT2D eigenvalue weighted by molar-refractivity contribution is -0.123. The SMILES string of the molecule is COc1cc(/C=C/C2CCC(=O)NN2)cc([S+](C)[O-])c1OC. The van der Waals surface area contributed by atoms with Gasteiger partial charge in [0.05, 0.1) is 14.2 Å². The molecule has 22 heavy (non-hydrogen) atoms. The first-order valence-electron chi connectivity index (χ1n) is 6.87. The zero-order valence-electron chi connectivity index (χ0n) is 12.8. The summed E-state index contributed by atoms with van der Waals surface area (Å²) in [6.07, 6.45) is 6.71. The molecule has 0 saturated carbocycles. The smallest absolute Gasteiger partial charge is 0.234 e. The standard InChI is InChI=1S/C15H20N2O4S/c1-20-12-8-10(9-13(22(3)19)15(12)21-2)4-5-11-6-7-14(18)17-16-11/h4-5,8-9,11,16H,6-7H2,1-3H3,(H,17,18)/b5-4+.